The number of aromatic nitrogens is 3. The van der Waals surface area contributed by atoms with Crippen LogP contribution in [0, 0.1) is 5.92 Å². The molecule has 2 fully saturated rings. The molecule has 3 N–H and O–H groups in total. The van der Waals surface area contributed by atoms with Crippen molar-refractivity contribution in [3.05, 3.63) is 23.2 Å². The number of halogens is 6. The number of pyridine rings is 1. The average Bonchev–Trinajstić information content (AvgIpc) is 3.55. The number of amides is 1. The topological polar surface area (TPSA) is 118 Å². The first kappa shape index (κ1) is 25.7. The van der Waals surface area contributed by atoms with Crippen molar-refractivity contribution >= 4 is 11.6 Å². The Morgan fingerprint density at radius 1 is 1.03 bits per heavy atom. The van der Waals surface area contributed by atoms with Gasteiger partial charge in [0.25, 0.3) is 17.7 Å². The third-order valence-electron chi connectivity index (χ3n) is 7.95. The van der Waals surface area contributed by atoms with Gasteiger partial charge in [0.05, 0.1) is 11.3 Å². The highest BCUT2D eigenvalue weighted by molar-refractivity contribution is 5.96. The van der Waals surface area contributed by atoms with Crippen LogP contribution in [0.3, 0.4) is 0 Å². The normalized spacial score (nSPS) is 29.0. The predicted molar refractivity (Wildman–Crippen MR) is 116 cm³/mol. The molecule has 2 aliphatic carbocycles. The molecule has 1 aliphatic heterocycles. The molecule has 8 nitrogen and oxygen atoms in total. The molecule has 2 aromatic rings. The Labute approximate surface area is 207 Å². The summed E-state index contributed by atoms with van der Waals surface area (Å²) in [7, 11) is 0. The second-order valence-corrected chi connectivity index (χ2v) is 10.2. The maximum atomic E-state index is 14.0. The number of nitrogens with zero attached hydrogens (tertiary/aromatic N) is 4. The summed E-state index contributed by atoms with van der Waals surface area (Å²) in [5, 5.41) is 17.3. The molecular formula is C23H25F6N5O3. The highest BCUT2D eigenvalue weighted by Crippen LogP contribution is 2.52. The van der Waals surface area contributed by atoms with Crippen molar-refractivity contribution in [1.29, 1.82) is 0 Å². The van der Waals surface area contributed by atoms with Crippen molar-refractivity contribution in [1.82, 2.24) is 20.1 Å². The van der Waals surface area contributed by atoms with E-state index in [0.29, 0.717) is 31.2 Å². The summed E-state index contributed by atoms with van der Waals surface area (Å²) in [6.45, 7) is 0.0487. The second-order valence-electron chi connectivity index (χ2n) is 10.2. The number of rotatable bonds is 1. The zero-order valence-electron chi connectivity index (χ0n) is 19.6. The zero-order valence-corrected chi connectivity index (χ0v) is 19.6. The van der Waals surface area contributed by atoms with Crippen LogP contribution in [-0.4, -0.2) is 49.4 Å². The van der Waals surface area contributed by atoms with Gasteiger partial charge in [-0.3, -0.25) is 4.79 Å². The van der Waals surface area contributed by atoms with E-state index in [1.54, 1.807) is 0 Å². The number of aliphatic hydroxyl groups is 1. The Balaban J connectivity index is 1.68. The van der Waals surface area contributed by atoms with Gasteiger partial charge in [0.15, 0.2) is 5.69 Å². The predicted octanol–water partition coefficient (Wildman–Crippen LogP) is 4.83. The molecule has 5 rings (SSSR count). The summed E-state index contributed by atoms with van der Waals surface area (Å²) < 4.78 is 88.8. The van der Waals surface area contributed by atoms with Crippen LogP contribution in [0.4, 0.5) is 32.0 Å². The number of carbonyl (C=O) groups is 1. The monoisotopic (exact) mass is 533 g/mol. The number of nitrogen functional groups attached to an aromatic ring is 1. The quantitative estimate of drug-likeness (QED) is 0.504. The lowest BCUT2D eigenvalue weighted by Gasteiger charge is -2.40. The SMILES string of the molecule is Nc1cc(C(F)(F)F)c2nc1-c1nnc(o1)[C@@](O)(C(F)(F)F)CCCCCN(C13CCC(CC1)C3)C2=O. The molecule has 0 radical (unpaired) electrons. The summed E-state index contributed by atoms with van der Waals surface area (Å²) in [5.41, 5.74) is -1.78. The van der Waals surface area contributed by atoms with Crippen molar-refractivity contribution in [2.45, 2.75) is 81.3 Å². The van der Waals surface area contributed by atoms with E-state index in [1.807, 2.05) is 0 Å². The number of fused-ring (bicyclic) bond motifs is 7. The first-order valence-electron chi connectivity index (χ1n) is 12.1. The number of nitrogens with two attached hydrogens (primary N) is 1. The third-order valence-corrected chi connectivity index (χ3v) is 7.95. The van der Waals surface area contributed by atoms with Crippen LogP contribution in [0.15, 0.2) is 10.5 Å². The minimum absolute atomic E-state index is 0.0487. The van der Waals surface area contributed by atoms with Crippen LogP contribution in [0.2, 0.25) is 0 Å². The molecule has 0 unspecified atom stereocenters. The lowest BCUT2D eigenvalue weighted by Crippen LogP contribution is -2.50. The van der Waals surface area contributed by atoms with Crippen molar-refractivity contribution in [2.24, 2.45) is 5.92 Å². The molecule has 202 valence electrons. The van der Waals surface area contributed by atoms with Gasteiger partial charge in [0.2, 0.25) is 5.60 Å². The van der Waals surface area contributed by atoms with Crippen molar-refractivity contribution in [3.63, 3.8) is 0 Å². The van der Waals surface area contributed by atoms with Gasteiger partial charge in [-0.2, -0.15) is 26.3 Å². The van der Waals surface area contributed by atoms with Gasteiger partial charge >= 0.3 is 12.4 Å². The Morgan fingerprint density at radius 3 is 2.32 bits per heavy atom. The van der Waals surface area contributed by atoms with Gasteiger partial charge in [0, 0.05) is 12.1 Å². The van der Waals surface area contributed by atoms with Crippen LogP contribution in [0.1, 0.15) is 79.7 Å². The first-order chi connectivity index (χ1) is 17.3. The Bertz CT molecular complexity index is 1200. The highest BCUT2D eigenvalue weighted by Gasteiger charge is 2.58. The number of alkyl halides is 6. The summed E-state index contributed by atoms with van der Waals surface area (Å²) in [4.78, 5) is 19.1. The van der Waals surface area contributed by atoms with Crippen LogP contribution < -0.4 is 5.73 Å². The second kappa shape index (κ2) is 8.57. The van der Waals surface area contributed by atoms with E-state index in [4.69, 9.17) is 10.2 Å². The summed E-state index contributed by atoms with van der Waals surface area (Å²) in [5.74, 6) is -2.46. The van der Waals surface area contributed by atoms with Crippen molar-refractivity contribution in [2.75, 3.05) is 12.3 Å². The van der Waals surface area contributed by atoms with E-state index >= 15 is 0 Å². The molecule has 0 spiro atoms. The summed E-state index contributed by atoms with van der Waals surface area (Å²) >= 11 is 0. The number of anilines is 1. The van der Waals surface area contributed by atoms with Gasteiger partial charge in [0.1, 0.15) is 5.69 Å². The third kappa shape index (κ3) is 4.22. The average molecular weight is 533 g/mol. The standard InChI is InChI=1S/C23H25F6N5O3/c24-22(25,26)13-10-14(30)16-17-32-33-19(37-17)21(36,23(27,28)29)6-2-1-3-9-34(18(35)15(13)31-16)20-7-4-12(11-20)5-8-20/h10,12,36H,1-9,11,30H2/t12?,20?,21-/m1/s1. The summed E-state index contributed by atoms with van der Waals surface area (Å²) in [6.07, 6.45) is -7.01. The minimum atomic E-state index is -5.16. The molecule has 2 aromatic heterocycles. The fraction of sp³-hybridized carbons (Fsp3) is 0.652. The van der Waals surface area contributed by atoms with Gasteiger partial charge in [-0.1, -0.05) is 6.42 Å². The fourth-order valence-electron chi connectivity index (χ4n) is 5.99. The molecule has 6 bridgehead atoms. The van der Waals surface area contributed by atoms with E-state index < -0.39 is 70.2 Å². The van der Waals surface area contributed by atoms with Crippen LogP contribution >= 0.6 is 0 Å². The van der Waals surface area contributed by atoms with Gasteiger partial charge in [-0.15, -0.1) is 10.2 Å². The van der Waals surface area contributed by atoms with E-state index in [0.717, 1.165) is 12.8 Å². The first-order valence-corrected chi connectivity index (χ1v) is 12.1. The lowest BCUT2D eigenvalue weighted by atomic mass is 9.90. The van der Waals surface area contributed by atoms with Crippen LogP contribution in [0.25, 0.3) is 11.6 Å². The molecule has 37 heavy (non-hydrogen) atoms. The van der Waals surface area contributed by atoms with E-state index in [2.05, 4.69) is 15.2 Å². The molecule has 3 heterocycles. The van der Waals surface area contributed by atoms with E-state index in [-0.39, 0.29) is 25.8 Å². The smallest absolute Gasteiger partial charge is 0.416 e. The number of hydrogen-bond donors (Lipinski definition) is 2. The van der Waals surface area contributed by atoms with Crippen molar-refractivity contribution in [3.8, 4) is 11.6 Å². The van der Waals surface area contributed by atoms with Gasteiger partial charge < -0.3 is 20.2 Å². The molecule has 0 aromatic carbocycles. The van der Waals surface area contributed by atoms with Crippen LogP contribution in [0.5, 0.6) is 0 Å². The Kier molecular flexibility index (Phi) is 5.96. The van der Waals surface area contributed by atoms with Crippen molar-refractivity contribution < 1.29 is 40.7 Å². The zero-order chi connectivity index (χ0) is 26.8. The van der Waals surface area contributed by atoms with Crippen LogP contribution in [-0.2, 0) is 11.8 Å². The molecule has 3 aliphatic rings. The molecule has 2 saturated carbocycles. The Hall–Kier alpha value is -2.90. The maximum absolute atomic E-state index is 14.0. The van der Waals surface area contributed by atoms with Gasteiger partial charge in [-0.25, -0.2) is 4.98 Å². The van der Waals surface area contributed by atoms with E-state index in [1.165, 1.54) is 4.90 Å². The molecular weight excluding hydrogens is 508 g/mol. The summed E-state index contributed by atoms with van der Waals surface area (Å²) in [6, 6.07) is 0.503. The lowest BCUT2D eigenvalue weighted by molar-refractivity contribution is -0.277. The maximum Gasteiger partial charge on any atom is 0.426 e. The molecule has 1 amide bonds. The minimum Gasteiger partial charge on any atom is -0.416 e. The molecule has 1 atom stereocenters. The molecule has 14 heteroatoms. The molecule has 0 saturated heterocycles. The fourth-order valence-corrected chi connectivity index (χ4v) is 5.99. The number of hydrogen-bond acceptors (Lipinski definition) is 7. The van der Waals surface area contributed by atoms with E-state index in [9.17, 15) is 36.2 Å². The number of carbonyl (C=O) groups excluding carboxylic acids is 1. The van der Waals surface area contributed by atoms with Gasteiger partial charge in [-0.05, 0) is 63.4 Å². The Morgan fingerprint density at radius 2 is 1.73 bits per heavy atom. The largest absolute Gasteiger partial charge is 0.426 e. The highest BCUT2D eigenvalue weighted by atomic mass is 19.4.